The summed E-state index contributed by atoms with van der Waals surface area (Å²) in [6, 6.07) is 0. The fourth-order valence-electron chi connectivity index (χ4n) is 0.939. The van der Waals surface area contributed by atoms with Gasteiger partial charge in [0.05, 0.1) is 5.75 Å². The molecule has 0 bridgehead atoms. The molecule has 0 aliphatic rings. The highest BCUT2D eigenvalue weighted by molar-refractivity contribution is 7.89. The molecule has 1 unspecified atom stereocenters. The average molecular weight is 209 g/mol. The van der Waals surface area contributed by atoms with E-state index in [2.05, 4.69) is 0 Å². The molecule has 0 radical (unpaired) electrons. The van der Waals surface area contributed by atoms with Crippen LogP contribution in [0.15, 0.2) is 0 Å². The molecule has 5 heteroatoms. The van der Waals surface area contributed by atoms with Crippen LogP contribution in [0.2, 0.25) is 0 Å². The Balaban J connectivity index is 3.46. The van der Waals surface area contributed by atoms with Gasteiger partial charge in [-0.2, -0.15) is 0 Å². The molecule has 0 fully saturated rings. The lowest BCUT2D eigenvalue weighted by Gasteiger charge is -2.09. The Morgan fingerprint density at radius 1 is 1.38 bits per heavy atom. The van der Waals surface area contributed by atoms with E-state index in [0.717, 1.165) is 6.42 Å². The molecule has 0 amide bonds. The summed E-state index contributed by atoms with van der Waals surface area (Å²) in [6.07, 6.45) is 1.51. The van der Waals surface area contributed by atoms with E-state index in [0.29, 0.717) is 25.6 Å². The molecule has 0 saturated heterocycles. The van der Waals surface area contributed by atoms with Crippen LogP contribution >= 0.6 is 0 Å². The van der Waals surface area contributed by atoms with Gasteiger partial charge in [-0.25, -0.2) is 13.6 Å². The van der Waals surface area contributed by atoms with Crippen LogP contribution in [0.5, 0.6) is 0 Å². The summed E-state index contributed by atoms with van der Waals surface area (Å²) in [6.45, 7) is 5.35. The smallest absolute Gasteiger partial charge is 0.209 e. The van der Waals surface area contributed by atoms with E-state index in [1.807, 2.05) is 13.8 Å². The van der Waals surface area contributed by atoms with E-state index in [1.54, 1.807) is 0 Å². The summed E-state index contributed by atoms with van der Waals surface area (Å²) in [5.74, 6) is 0.421. The van der Waals surface area contributed by atoms with Crippen LogP contribution < -0.4 is 5.14 Å². The maximum absolute atomic E-state index is 10.6. The Morgan fingerprint density at radius 3 is 2.46 bits per heavy atom. The highest BCUT2D eigenvalue weighted by atomic mass is 32.2. The van der Waals surface area contributed by atoms with Crippen molar-refractivity contribution in [2.45, 2.75) is 26.7 Å². The first kappa shape index (κ1) is 12.9. The second-order valence-electron chi connectivity index (χ2n) is 3.25. The topological polar surface area (TPSA) is 69.4 Å². The van der Waals surface area contributed by atoms with Gasteiger partial charge in [-0.1, -0.05) is 6.92 Å². The molecule has 0 heterocycles. The molecular weight excluding hydrogens is 190 g/mol. The Kier molecular flexibility index (Phi) is 6.28. The van der Waals surface area contributed by atoms with E-state index in [1.165, 1.54) is 0 Å². The highest BCUT2D eigenvalue weighted by Crippen LogP contribution is 2.08. The quantitative estimate of drug-likeness (QED) is 0.628. The van der Waals surface area contributed by atoms with Crippen LogP contribution in [0.1, 0.15) is 26.7 Å². The molecule has 0 spiro atoms. The minimum Gasteiger partial charge on any atom is -0.382 e. The van der Waals surface area contributed by atoms with Crippen molar-refractivity contribution in [3.8, 4) is 0 Å². The van der Waals surface area contributed by atoms with Gasteiger partial charge in [-0.15, -0.1) is 0 Å². The second-order valence-corrected chi connectivity index (χ2v) is 4.98. The maximum atomic E-state index is 10.6. The Hall–Kier alpha value is -0.130. The van der Waals surface area contributed by atoms with Crippen LogP contribution in [0.25, 0.3) is 0 Å². The first-order valence-electron chi connectivity index (χ1n) is 4.54. The fraction of sp³-hybridized carbons (Fsp3) is 1.00. The Bertz CT molecular complexity index is 213. The highest BCUT2D eigenvalue weighted by Gasteiger charge is 2.07. The minimum atomic E-state index is -3.29. The van der Waals surface area contributed by atoms with Crippen molar-refractivity contribution in [2.75, 3.05) is 19.0 Å². The van der Waals surface area contributed by atoms with Gasteiger partial charge in [0.2, 0.25) is 10.0 Å². The third-order valence-electron chi connectivity index (χ3n) is 1.85. The summed E-state index contributed by atoms with van der Waals surface area (Å²) < 4.78 is 26.4. The number of sulfonamides is 1. The Labute approximate surface area is 80.5 Å². The molecule has 0 aromatic carbocycles. The molecule has 0 aromatic rings. The van der Waals surface area contributed by atoms with Gasteiger partial charge < -0.3 is 4.74 Å². The van der Waals surface area contributed by atoms with Crippen molar-refractivity contribution >= 4 is 10.0 Å². The van der Waals surface area contributed by atoms with Crippen LogP contribution in [0.3, 0.4) is 0 Å². The van der Waals surface area contributed by atoms with Crippen LogP contribution in [-0.4, -0.2) is 27.4 Å². The first-order chi connectivity index (χ1) is 5.95. The number of ether oxygens (including phenoxy) is 1. The lowest BCUT2D eigenvalue weighted by molar-refractivity contribution is 0.133. The van der Waals surface area contributed by atoms with Crippen molar-refractivity contribution in [1.29, 1.82) is 0 Å². The maximum Gasteiger partial charge on any atom is 0.209 e. The third kappa shape index (κ3) is 9.79. The molecule has 80 valence electrons. The zero-order chi connectivity index (χ0) is 10.3. The Morgan fingerprint density at radius 2 is 2.00 bits per heavy atom. The van der Waals surface area contributed by atoms with Crippen LogP contribution in [0.4, 0.5) is 0 Å². The van der Waals surface area contributed by atoms with Gasteiger partial charge in [0.15, 0.2) is 0 Å². The number of rotatable bonds is 7. The zero-order valence-electron chi connectivity index (χ0n) is 8.32. The molecule has 0 aromatic heterocycles. The summed E-state index contributed by atoms with van der Waals surface area (Å²) in [4.78, 5) is 0. The number of primary sulfonamides is 1. The summed E-state index contributed by atoms with van der Waals surface area (Å²) in [5.41, 5.74) is 0. The normalized spacial score (nSPS) is 14.4. The molecule has 0 aliphatic carbocycles. The lowest BCUT2D eigenvalue weighted by Crippen LogP contribution is -2.18. The van der Waals surface area contributed by atoms with Gasteiger partial charge in [0.25, 0.3) is 0 Å². The predicted octanol–water partition coefficient (Wildman–Crippen LogP) is 0.728. The molecule has 2 N–H and O–H groups in total. The summed E-state index contributed by atoms with van der Waals surface area (Å²) >= 11 is 0. The van der Waals surface area contributed by atoms with Crippen molar-refractivity contribution in [1.82, 2.24) is 0 Å². The van der Waals surface area contributed by atoms with Gasteiger partial charge >= 0.3 is 0 Å². The van der Waals surface area contributed by atoms with Crippen molar-refractivity contribution in [3.63, 3.8) is 0 Å². The predicted molar refractivity (Wildman–Crippen MR) is 52.9 cm³/mol. The molecular formula is C8H19NO3S. The second kappa shape index (κ2) is 6.34. The fourth-order valence-corrected chi connectivity index (χ4v) is 1.67. The van der Waals surface area contributed by atoms with Crippen molar-refractivity contribution < 1.29 is 13.2 Å². The van der Waals surface area contributed by atoms with Gasteiger partial charge in [0, 0.05) is 13.2 Å². The third-order valence-corrected chi connectivity index (χ3v) is 2.66. The van der Waals surface area contributed by atoms with E-state index in [9.17, 15) is 8.42 Å². The van der Waals surface area contributed by atoms with E-state index in [4.69, 9.17) is 9.88 Å². The average Bonchev–Trinajstić information content (AvgIpc) is 2.00. The monoisotopic (exact) mass is 209 g/mol. The lowest BCUT2D eigenvalue weighted by atomic mass is 10.1. The van der Waals surface area contributed by atoms with Gasteiger partial charge in [-0.3, -0.25) is 0 Å². The molecule has 1 atom stereocenters. The molecule has 13 heavy (non-hydrogen) atoms. The number of hydrogen-bond donors (Lipinski definition) is 1. The SMILES string of the molecule is CCOCCC(C)CCS(N)(=O)=O. The number of nitrogens with two attached hydrogens (primary N) is 1. The largest absolute Gasteiger partial charge is 0.382 e. The van der Waals surface area contributed by atoms with Crippen molar-refractivity contribution in [2.24, 2.45) is 11.1 Å². The zero-order valence-corrected chi connectivity index (χ0v) is 9.14. The van der Waals surface area contributed by atoms with Crippen LogP contribution in [0, 0.1) is 5.92 Å². The summed E-state index contributed by atoms with van der Waals surface area (Å²) in [5, 5.41) is 4.88. The number of hydrogen-bond acceptors (Lipinski definition) is 3. The first-order valence-corrected chi connectivity index (χ1v) is 6.25. The molecule has 0 saturated carbocycles. The van der Waals surface area contributed by atoms with Crippen LogP contribution in [-0.2, 0) is 14.8 Å². The van der Waals surface area contributed by atoms with Gasteiger partial charge in [0.1, 0.15) is 0 Å². The summed E-state index contributed by atoms with van der Waals surface area (Å²) in [7, 11) is -3.29. The van der Waals surface area contributed by atoms with Gasteiger partial charge in [-0.05, 0) is 25.7 Å². The molecule has 0 aliphatic heterocycles. The van der Waals surface area contributed by atoms with Crippen molar-refractivity contribution in [3.05, 3.63) is 0 Å². The standard InChI is InChI=1S/C8H19NO3S/c1-3-12-6-4-8(2)5-7-13(9,10)11/h8H,3-7H2,1-2H3,(H2,9,10,11). The van der Waals surface area contributed by atoms with E-state index < -0.39 is 10.0 Å². The molecule has 4 nitrogen and oxygen atoms in total. The van der Waals surface area contributed by atoms with E-state index >= 15 is 0 Å². The van der Waals surface area contributed by atoms with E-state index in [-0.39, 0.29) is 5.75 Å². The molecule has 0 rings (SSSR count). The minimum absolute atomic E-state index is 0.0697.